The van der Waals surface area contributed by atoms with Gasteiger partial charge in [-0.3, -0.25) is 0 Å². The zero-order valence-corrected chi connectivity index (χ0v) is 7.62. The Morgan fingerprint density at radius 3 is 3.00 bits per heavy atom. The molecule has 0 saturated heterocycles. The lowest BCUT2D eigenvalue weighted by atomic mass is 9.98. The summed E-state index contributed by atoms with van der Waals surface area (Å²) in [6.07, 6.45) is 1.87. The van der Waals surface area contributed by atoms with Crippen molar-refractivity contribution < 1.29 is 9.90 Å². The minimum atomic E-state index is -1.03. The molecule has 1 aliphatic rings. The molecule has 0 radical (unpaired) electrons. The topological polar surface area (TPSA) is 52.2 Å². The van der Waals surface area contributed by atoms with Crippen molar-refractivity contribution in [2.24, 2.45) is 0 Å². The molecule has 0 amide bonds. The van der Waals surface area contributed by atoms with Crippen molar-refractivity contribution in [3.05, 3.63) is 35.9 Å². The van der Waals surface area contributed by atoms with Crippen LogP contribution in [0.1, 0.15) is 12.0 Å². The van der Waals surface area contributed by atoms with Gasteiger partial charge in [-0.05, 0) is 11.6 Å². The first-order valence-electron chi connectivity index (χ1n) is 4.49. The Morgan fingerprint density at radius 2 is 2.21 bits per heavy atom. The maximum atomic E-state index is 10.5. The Kier molecular flexibility index (Phi) is 2.23. The van der Waals surface area contributed by atoms with Gasteiger partial charge in [0.15, 0.2) is 0 Å². The molecule has 0 unspecified atom stereocenters. The van der Waals surface area contributed by atoms with Gasteiger partial charge in [0.05, 0.1) is 0 Å². The monoisotopic (exact) mass is 188 g/mol. The van der Waals surface area contributed by atoms with Gasteiger partial charge in [0, 0.05) is 30.2 Å². The fourth-order valence-corrected chi connectivity index (χ4v) is 1.63. The molecule has 14 heavy (non-hydrogen) atoms. The van der Waals surface area contributed by atoms with E-state index in [-0.39, 0.29) is 6.42 Å². The van der Waals surface area contributed by atoms with E-state index >= 15 is 0 Å². The number of aliphatic carboxylic acids is 1. The lowest BCUT2D eigenvalue weighted by Crippen LogP contribution is -2.23. The van der Waals surface area contributed by atoms with E-state index in [1.165, 1.54) is 0 Å². The summed E-state index contributed by atoms with van der Waals surface area (Å²) in [6.45, 7) is 0.680. The number of hydrogen-bond donors (Lipinski definition) is 1. The van der Waals surface area contributed by atoms with Crippen LogP contribution in [0.4, 0.5) is 5.69 Å². The molecule has 1 N–H and O–H groups in total. The summed E-state index contributed by atoms with van der Waals surface area (Å²) in [5.74, 6) is -1.03. The number of carboxylic acid groups (broad SMARTS) is 1. The van der Waals surface area contributed by atoms with Gasteiger partial charge >= 0.3 is 0 Å². The minimum absolute atomic E-state index is 0.0152. The van der Waals surface area contributed by atoms with Crippen LogP contribution in [0.3, 0.4) is 0 Å². The maximum Gasteiger partial charge on any atom is 0.0458 e. The van der Waals surface area contributed by atoms with Gasteiger partial charge in [0.1, 0.15) is 0 Å². The van der Waals surface area contributed by atoms with Crippen LogP contribution in [0.5, 0.6) is 0 Å². The van der Waals surface area contributed by atoms with Gasteiger partial charge in [-0.2, -0.15) is 0 Å². The van der Waals surface area contributed by atoms with Crippen molar-refractivity contribution in [1.82, 2.24) is 0 Å². The van der Waals surface area contributed by atoms with Gasteiger partial charge in [0.25, 0.3) is 0 Å². The summed E-state index contributed by atoms with van der Waals surface area (Å²) in [5.41, 5.74) is 2.79. The predicted octanol–water partition coefficient (Wildman–Crippen LogP) is 0.635. The van der Waals surface area contributed by atoms with E-state index in [4.69, 9.17) is 0 Å². The molecule has 2 rings (SSSR count). The molecule has 0 atom stereocenters. The standard InChI is InChI=1S/C11H11NO2/c13-11(14)7-8-5-6-12-10-4-2-1-3-9(8)10/h1-5,12H,6-7H2,(H,13,14)/p-1. The van der Waals surface area contributed by atoms with E-state index in [0.717, 1.165) is 16.8 Å². The highest BCUT2D eigenvalue weighted by atomic mass is 16.4. The molecule has 3 nitrogen and oxygen atoms in total. The van der Waals surface area contributed by atoms with Gasteiger partial charge in [-0.15, -0.1) is 0 Å². The number of para-hydroxylation sites is 1. The Labute approximate surface area is 82.1 Å². The average molecular weight is 188 g/mol. The van der Waals surface area contributed by atoms with Crippen LogP contribution < -0.4 is 10.4 Å². The van der Waals surface area contributed by atoms with Crippen LogP contribution in [-0.4, -0.2) is 12.5 Å². The second-order valence-electron chi connectivity index (χ2n) is 3.20. The first-order valence-corrected chi connectivity index (χ1v) is 4.49. The largest absolute Gasteiger partial charge is 0.550 e. The van der Waals surface area contributed by atoms with Crippen molar-refractivity contribution in [3.63, 3.8) is 0 Å². The van der Waals surface area contributed by atoms with Gasteiger partial charge < -0.3 is 15.2 Å². The van der Waals surface area contributed by atoms with Crippen LogP contribution in [0.2, 0.25) is 0 Å². The maximum absolute atomic E-state index is 10.5. The molecular formula is C11H10NO2-. The summed E-state index contributed by atoms with van der Waals surface area (Å²) in [5, 5.41) is 13.7. The fraction of sp³-hybridized carbons (Fsp3) is 0.182. The smallest absolute Gasteiger partial charge is 0.0458 e. The second kappa shape index (κ2) is 3.54. The molecule has 0 aliphatic carbocycles. The van der Waals surface area contributed by atoms with E-state index in [1.807, 2.05) is 30.3 Å². The van der Waals surface area contributed by atoms with Crippen molar-refractivity contribution in [2.75, 3.05) is 11.9 Å². The van der Waals surface area contributed by atoms with Gasteiger partial charge in [-0.1, -0.05) is 24.3 Å². The van der Waals surface area contributed by atoms with Crippen LogP contribution in [0.25, 0.3) is 5.57 Å². The molecule has 0 aromatic heterocycles. The summed E-state index contributed by atoms with van der Waals surface area (Å²) >= 11 is 0. The SMILES string of the molecule is O=C([O-])CC1=CCNc2ccccc21. The number of fused-ring (bicyclic) bond motifs is 1. The number of benzene rings is 1. The molecule has 1 aromatic carbocycles. The van der Waals surface area contributed by atoms with Crippen LogP contribution in [0.15, 0.2) is 30.3 Å². The highest BCUT2D eigenvalue weighted by Crippen LogP contribution is 2.28. The molecule has 0 saturated carbocycles. The Bertz CT molecular complexity index is 396. The highest BCUT2D eigenvalue weighted by Gasteiger charge is 2.10. The van der Waals surface area contributed by atoms with Crippen LogP contribution in [0, 0.1) is 0 Å². The number of rotatable bonds is 2. The minimum Gasteiger partial charge on any atom is -0.550 e. The summed E-state index contributed by atoms with van der Waals surface area (Å²) in [7, 11) is 0. The van der Waals surface area contributed by atoms with Crippen molar-refractivity contribution in [2.45, 2.75) is 6.42 Å². The zero-order valence-electron chi connectivity index (χ0n) is 7.62. The summed E-state index contributed by atoms with van der Waals surface area (Å²) < 4.78 is 0. The third kappa shape index (κ3) is 1.62. The van der Waals surface area contributed by atoms with E-state index < -0.39 is 5.97 Å². The number of carboxylic acids is 1. The molecule has 72 valence electrons. The fourth-order valence-electron chi connectivity index (χ4n) is 1.63. The number of carbonyl (C=O) groups excluding carboxylic acids is 1. The molecule has 1 heterocycles. The molecular weight excluding hydrogens is 178 g/mol. The van der Waals surface area contributed by atoms with Crippen LogP contribution in [-0.2, 0) is 4.79 Å². The van der Waals surface area contributed by atoms with Gasteiger partial charge in [-0.25, -0.2) is 0 Å². The quantitative estimate of drug-likeness (QED) is 0.740. The predicted molar refractivity (Wildman–Crippen MR) is 52.5 cm³/mol. The average Bonchev–Trinajstić information content (AvgIpc) is 2.18. The second-order valence-corrected chi connectivity index (χ2v) is 3.20. The first-order chi connectivity index (χ1) is 6.77. The first kappa shape index (κ1) is 8.81. The summed E-state index contributed by atoms with van der Waals surface area (Å²) in [6, 6.07) is 7.68. The lowest BCUT2D eigenvalue weighted by molar-refractivity contribution is -0.304. The van der Waals surface area contributed by atoms with E-state index in [1.54, 1.807) is 0 Å². The lowest BCUT2D eigenvalue weighted by Gasteiger charge is -2.19. The van der Waals surface area contributed by atoms with Crippen molar-refractivity contribution >= 4 is 17.2 Å². The van der Waals surface area contributed by atoms with Crippen molar-refractivity contribution in [1.29, 1.82) is 0 Å². The number of carbonyl (C=O) groups is 1. The molecule has 0 spiro atoms. The number of nitrogens with one attached hydrogen (secondary N) is 1. The Balaban J connectivity index is 2.35. The molecule has 3 heteroatoms. The Hall–Kier alpha value is -1.77. The molecule has 0 bridgehead atoms. The number of anilines is 1. The third-order valence-electron chi connectivity index (χ3n) is 2.25. The Morgan fingerprint density at radius 1 is 1.43 bits per heavy atom. The van der Waals surface area contributed by atoms with Gasteiger partial charge in [0.2, 0.25) is 0 Å². The normalized spacial score (nSPS) is 13.9. The summed E-state index contributed by atoms with van der Waals surface area (Å²) in [4.78, 5) is 10.5. The number of hydrogen-bond acceptors (Lipinski definition) is 3. The molecule has 1 aliphatic heterocycles. The van der Waals surface area contributed by atoms with Crippen LogP contribution >= 0.6 is 0 Å². The van der Waals surface area contributed by atoms with E-state index in [0.29, 0.717) is 6.54 Å². The van der Waals surface area contributed by atoms with E-state index in [2.05, 4.69) is 5.32 Å². The third-order valence-corrected chi connectivity index (χ3v) is 2.25. The van der Waals surface area contributed by atoms with Crippen molar-refractivity contribution in [3.8, 4) is 0 Å². The zero-order chi connectivity index (χ0) is 9.97. The highest BCUT2D eigenvalue weighted by molar-refractivity contribution is 5.88. The molecule has 1 aromatic rings. The molecule has 0 fully saturated rings. The van der Waals surface area contributed by atoms with E-state index in [9.17, 15) is 9.90 Å².